The minimum atomic E-state index is -4.25. The fraction of sp³-hybridized carbons (Fsp3) is 0.231. The summed E-state index contributed by atoms with van der Waals surface area (Å²) in [6, 6.07) is 20.9. The Morgan fingerprint density at radius 2 is 1.57 bits per heavy atom. The van der Waals surface area contributed by atoms with Crippen molar-refractivity contribution < 1.29 is 22.8 Å². The molecule has 0 aromatic heterocycles. The van der Waals surface area contributed by atoms with E-state index in [1.54, 1.807) is 60.7 Å². The zero-order valence-electron chi connectivity index (χ0n) is 19.1. The molecular weight excluding hydrogens is 466 g/mol. The van der Waals surface area contributed by atoms with Crippen molar-refractivity contribution in [3.63, 3.8) is 0 Å². The monoisotopic (exact) mass is 493 g/mol. The number of rotatable bonds is 9. The van der Waals surface area contributed by atoms with Crippen LogP contribution in [0.15, 0.2) is 83.8 Å². The molecule has 9 heteroatoms. The molecule has 182 valence electrons. The van der Waals surface area contributed by atoms with Crippen LogP contribution in [0.1, 0.15) is 41.6 Å². The molecule has 1 fully saturated rings. The van der Waals surface area contributed by atoms with E-state index in [1.165, 1.54) is 18.2 Å². The van der Waals surface area contributed by atoms with Crippen LogP contribution >= 0.6 is 0 Å². The highest BCUT2D eigenvalue weighted by Crippen LogP contribution is 2.27. The van der Waals surface area contributed by atoms with Crippen LogP contribution in [0.2, 0.25) is 0 Å². The molecule has 0 heterocycles. The number of benzene rings is 3. The highest BCUT2D eigenvalue weighted by atomic mass is 32.2. The van der Waals surface area contributed by atoms with Gasteiger partial charge in [0.1, 0.15) is 0 Å². The lowest BCUT2D eigenvalue weighted by atomic mass is 10.0. The first-order chi connectivity index (χ1) is 16.8. The summed E-state index contributed by atoms with van der Waals surface area (Å²) in [7, 11) is -4.25. The number of primary amides is 1. The van der Waals surface area contributed by atoms with Crippen molar-refractivity contribution in [2.45, 2.75) is 43.0 Å². The number of carbonyl (C=O) groups is 2. The van der Waals surface area contributed by atoms with Crippen LogP contribution in [0, 0.1) is 0 Å². The minimum Gasteiger partial charge on any atom is -0.366 e. The minimum absolute atomic E-state index is 0.0966. The van der Waals surface area contributed by atoms with Crippen molar-refractivity contribution in [1.82, 2.24) is 5.32 Å². The van der Waals surface area contributed by atoms with E-state index in [0.29, 0.717) is 5.75 Å². The van der Waals surface area contributed by atoms with Gasteiger partial charge in [0.15, 0.2) is 5.75 Å². The van der Waals surface area contributed by atoms with Gasteiger partial charge < -0.3 is 15.9 Å². The predicted octanol–water partition coefficient (Wildman–Crippen LogP) is 3.58. The van der Waals surface area contributed by atoms with Crippen molar-refractivity contribution >= 4 is 27.5 Å². The van der Waals surface area contributed by atoms with E-state index >= 15 is 0 Å². The van der Waals surface area contributed by atoms with Crippen molar-refractivity contribution in [3.05, 3.63) is 90.0 Å². The summed E-state index contributed by atoms with van der Waals surface area (Å²) in [4.78, 5) is 30.3. The van der Waals surface area contributed by atoms with Crippen LogP contribution in [0.3, 0.4) is 0 Å². The molecular formula is C26H27N3O5S. The second-order valence-electron chi connectivity index (χ2n) is 8.38. The zero-order chi connectivity index (χ0) is 24.8. The summed E-state index contributed by atoms with van der Waals surface area (Å²) in [6.07, 6.45) is 3.77. The van der Waals surface area contributed by atoms with Gasteiger partial charge in [-0.3, -0.25) is 9.59 Å². The molecule has 35 heavy (non-hydrogen) atoms. The number of nitrogens with two attached hydrogens (primary N) is 1. The second-order valence-corrected chi connectivity index (χ2v) is 10.1. The number of sulfonamides is 1. The van der Waals surface area contributed by atoms with E-state index in [2.05, 4.69) is 5.32 Å². The number of nitrogens with zero attached hydrogens (tertiary/aromatic N) is 1. The van der Waals surface area contributed by atoms with Gasteiger partial charge in [-0.1, -0.05) is 53.7 Å². The van der Waals surface area contributed by atoms with E-state index in [9.17, 15) is 18.0 Å². The van der Waals surface area contributed by atoms with Crippen molar-refractivity contribution in [2.75, 3.05) is 4.47 Å². The Bertz CT molecular complexity index is 1290. The molecule has 0 atom stereocenters. The molecule has 1 aliphatic rings. The Kier molecular flexibility index (Phi) is 7.36. The molecule has 1 aliphatic carbocycles. The molecule has 0 saturated heterocycles. The highest BCUT2D eigenvalue weighted by Gasteiger charge is 2.29. The van der Waals surface area contributed by atoms with Gasteiger partial charge >= 0.3 is 0 Å². The SMILES string of the molecule is NC(=O)c1ccc(S(=O)(=O)N(Oc2ccccc2)c2ccccc2)cc1CC(=O)NC1CCCC1. The number of para-hydroxylation sites is 2. The Morgan fingerprint density at radius 3 is 2.20 bits per heavy atom. The van der Waals surface area contributed by atoms with Crippen LogP contribution in [-0.2, 0) is 21.2 Å². The maximum Gasteiger partial charge on any atom is 0.295 e. The molecule has 4 rings (SSSR count). The first-order valence-electron chi connectivity index (χ1n) is 11.4. The summed E-state index contributed by atoms with van der Waals surface area (Å²) >= 11 is 0. The largest absolute Gasteiger partial charge is 0.366 e. The van der Waals surface area contributed by atoms with Gasteiger partial charge in [0, 0.05) is 11.6 Å². The average Bonchev–Trinajstić information content (AvgIpc) is 3.36. The normalized spacial score (nSPS) is 13.8. The Labute approximate surface area is 204 Å². The number of anilines is 1. The van der Waals surface area contributed by atoms with Gasteiger partial charge in [-0.2, -0.15) is 8.42 Å². The summed E-state index contributed by atoms with van der Waals surface area (Å²) in [5, 5.41) is 2.96. The van der Waals surface area contributed by atoms with Gasteiger partial charge in [0.25, 0.3) is 10.0 Å². The van der Waals surface area contributed by atoms with E-state index in [4.69, 9.17) is 10.6 Å². The maximum absolute atomic E-state index is 13.7. The maximum atomic E-state index is 13.7. The third-order valence-electron chi connectivity index (χ3n) is 5.83. The second kappa shape index (κ2) is 10.6. The predicted molar refractivity (Wildman–Crippen MR) is 132 cm³/mol. The summed E-state index contributed by atoms with van der Waals surface area (Å²) in [6.45, 7) is 0. The van der Waals surface area contributed by atoms with E-state index < -0.39 is 15.9 Å². The Hall–Kier alpha value is -3.85. The molecule has 0 aliphatic heterocycles. The van der Waals surface area contributed by atoms with Crippen molar-refractivity contribution in [2.24, 2.45) is 5.73 Å². The van der Waals surface area contributed by atoms with Crippen LogP contribution in [0.25, 0.3) is 0 Å². The topological polar surface area (TPSA) is 119 Å². The highest BCUT2D eigenvalue weighted by molar-refractivity contribution is 7.92. The third kappa shape index (κ3) is 5.81. The lowest BCUT2D eigenvalue weighted by molar-refractivity contribution is -0.121. The van der Waals surface area contributed by atoms with E-state index in [0.717, 1.165) is 30.2 Å². The van der Waals surface area contributed by atoms with Gasteiger partial charge in [0.2, 0.25) is 11.8 Å². The number of hydrogen-bond acceptors (Lipinski definition) is 5. The Morgan fingerprint density at radius 1 is 0.943 bits per heavy atom. The first-order valence-corrected chi connectivity index (χ1v) is 12.8. The van der Waals surface area contributed by atoms with Crippen LogP contribution in [-0.4, -0.2) is 26.3 Å². The lowest BCUT2D eigenvalue weighted by Gasteiger charge is -2.24. The van der Waals surface area contributed by atoms with E-state index in [-0.39, 0.29) is 40.1 Å². The molecule has 0 spiro atoms. The molecule has 8 nitrogen and oxygen atoms in total. The third-order valence-corrected chi connectivity index (χ3v) is 7.40. The summed E-state index contributed by atoms with van der Waals surface area (Å²) in [5.74, 6) is -0.697. The molecule has 0 radical (unpaired) electrons. The van der Waals surface area contributed by atoms with Gasteiger partial charge in [-0.05, 0) is 60.9 Å². The van der Waals surface area contributed by atoms with Gasteiger partial charge in [0.05, 0.1) is 17.0 Å². The zero-order valence-corrected chi connectivity index (χ0v) is 19.9. The average molecular weight is 494 g/mol. The summed E-state index contributed by atoms with van der Waals surface area (Å²) < 4.78 is 28.3. The van der Waals surface area contributed by atoms with Crippen LogP contribution in [0.5, 0.6) is 5.75 Å². The van der Waals surface area contributed by atoms with Crippen molar-refractivity contribution in [3.8, 4) is 5.75 Å². The smallest absolute Gasteiger partial charge is 0.295 e. The molecule has 1 saturated carbocycles. The number of nitrogens with one attached hydrogen (secondary N) is 1. The Balaban J connectivity index is 1.69. The van der Waals surface area contributed by atoms with Crippen molar-refractivity contribution in [1.29, 1.82) is 0 Å². The van der Waals surface area contributed by atoms with Crippen LogP contribution < -0.4 is 20.4 Å². The van der Waals surface area contributed by atoms with E-state index in [1.807, 2.05) is 0 Å². The fourth-order valence-electron chi connectivity index (χ4n) is 4.10. The molecule has 3 N–H and O–H groups in total. The fourth-order valence-corrected chi connectivity index (χ4v) is 5.41. The van der Waals surface area contributed by atoms with Crippen LogP contribution in [0.4, 0.5) is 5.69 Å². The molecule has 2 amide bonds. The molecule has 3 aromatic rings. The molecule has 0 bridgehead atoms. The number of hydrogen-bond donors (Lipinski definition) is 2. The first kappa shape index (κ1) is 24.3. The van der Waals surface area contributed by atoms with Gasteiger partial charge in [-0.25, -0.2) is 0 Å². The molecule has 0 unspecified atom stereocenters. The number of amides is 2. The molecule has 3 aromatic carbocycles. The summed E-state index contributed by atoms with van der Waals surface area (Å²) in [5.41, 5.74) is 6.13. The quantitative estimate of drug-likeness (QED) is 0.442. The van der Waals surface area contributed by atoms with Gasteiger partial charge in [-0.15, -0.1) is 0 Å². The number of carbonyl (C=O) groups excluding carboxylic acids is 2. The standard InChI is InChI=1S/C26H27N3O5S/c27-26(31)24-16-15-23(17-19(24)18-25(30)28-20-9-7-8-10-20)35(32,33)29(21-11-3-1-4-12-21)34-22-13-5-2-6-14-22/h1-6,11-17,20H,7-10,18H2,(H2,27,31)(H,28,30). The lowest BCUT2D eigenvalue weighted by Crippen LogP contribution is -2.35.